The van der Waals surface area contributed by atoms with E-state index in [1.54, 1.807) is 0 Å². The van der Waals surface area contributed by atoms with Crippen LogP contribution in [0.3, 0.4) is 0 Å². The van der Waals surface area contributed by atoms with E-state index in [0.29, 0.717) is 12.5 Å². The normalized spacial score (nSPS) is 17.3. The summed E-state index contributed by atoms with van der Waals surface area (Å²) in [5.74, 6) is 2.51. The number of halogens is 1. The maximum Gasteiger partial charge on any atom is 0.193 e. The van der Waals surface area contributed by atoms with Crippen molar-refractivity contribution in [2.45, 2.75) is 19.9 Å². The lowest BCUT2D eigenvalue weighted by atomic mass is 10.1. The summed E-state index contributed by atoms with van der Waals surface area (Å²) in [7, 11) is 6.09. The molecule has 0 bridgehead atoms. The minimum absolute atomic E-state index is 0. The van der Waals surface area contributed by atoms with Gasteiger partial charge in [0.25, 0.3) is 0 Å². The van der Waals surface area contributed by atoms with Crippen LogP contribution in [0.15, 0.2) is 23.3 Å². The first-order valence-electron chi connectivity index (χ1n) is 8.29. The fourth-order valence-electron chi connectivity index (χ4n) is 2.64. The van der Waals surface area contributed by atoms with Gasteiger partial charge in [-0.3, -0.25) is 0 Å². The number of hydrogen-bond acceptors (Lipinski definition) is 4. The van der Waals surface area contributed by atoms with Crippen molar-refractivity contribution in [1.82, 2.24) is 15.2 Å². The number of aliphatic imine (C=N–C) groups is 1. The second-order valence-electron chi connectivity index (χ2n) is 6.20. The van der Waals surface area contributed by atoms with Crippen molar-refractivity contribution in [3.63, 3.8) is 0 Å². The van der Waals surface area contributed by atoms with Crippen molar-refractivity contribution in [3.05, 3.63) is 23.9 Å². The van der Waals surface area contributed by atoms with Gasteiger partial charge in [0.2, 0.25) is 0 Å². The molecule has 0 spiro atoms. The molecule has 6 nitrogen and oxygen atoms in total. The van der Waals surface area contributed by atoms with Crippen LogP contribution in [-0.4, -0.2) is 63.3 Å². The second kappa shape index (κ2) is 10.7. The number of aromatic nitrogens is 1. The van der Waals surface area contributed by atoms with E-state index in [1.807, 2.05) is 31.3 Å². The molecule has 1 aromatic heterocycles. The third kappa shape index (κ3) is 6.43. The zero-order chi connectivity index (χ0) is 16.7. The van der Waals surface area contributed by atoms with Gasteiger partial charge in [-0.2, -0.15) is 0 Å². The zero-order valence-corrected chi connectivity index (χ0v) is 17.5. The summed E-state index contributed by atoms with van der Waals surface area (Å²) in [6, 6.07) is 4.10. The highest BCUT2D eigenvalue weighted by atomic mass is 127. The quantitative estimate of drug-likeness (QED) is 0.412. The van der Waals surface area contributed by atoms with Gasteiger partial charge in [0.15, 0.2) is 5.96 Å². The number of rotatable bonds is 6. The second-order valence-corrected chi connectivity index (χ2v) is 6.20. The summed E-state index contributed by atoms with van der Waals surface area (Å²) in [6.45, 7) is 6.33. The summed E-state index contributed by atoms with van der Waals surface area (Å²) < 4.78 is 5.46. The van der Waals surface area contributed by atoms with E-state index in [1.165, 1.54) is 0 Å². The first kappa shape index (κ1) is 21.0. The maximum absolute atomic E-state index is 5.46. The number of guanidine groups is 1. The van der Waals surface area contributed by atoms with Crippen molar-refractivity contribution in [2.24, 2.45) is 10.9 Å². The fourth-order valence-corrected chi connectivity index (χ4v) is 2.64. The lowest BCUT2D eigenvalue weighted by molar-refractivity contribution is 0.181. The SMILES string of the molecule is CCNC(=NCc1ccnc(N(C)C)c1)N(C)CC1CCOC1.I. The Morgan fingerprint density at radius 3 is 2.83 bits per heavy atom. The third-order valence-electron chi connectivity index (χ3n) is 3.93. The molecule has 1 aliphatic heterocycles. The average molecular weight is 447 g/mol. The third-order valence-corrected chi connectivity index (χ3v) is 3.93. The Morgan fingerprint density at radius 1 is 1.42 bits per heavy atom. The van der Waals surface area contributed by atoms with Gasteiger partial charge in [-0.15, -0.1) is 24.0 Å². The van der Waals surface area contributed by atoms with Gasteiger partial charge in [-0.1, -0.05) is 0 Å². The Labute approximate surface area is 162 Å². The van der Waals surface area contributed by atoms with Crippen LogP contribution in [0.4, 0.5) is 5.82 Å². The van der Waals surface area contributed by atoms with Crippen molar-refractivity contribution >= 4 is 35.8 Å². The summed E-state index contributed by atoms with van der Waals surface area (Å²) in [5.41, 5.74) is 1.16. The molecule has 0 radical (unpaired) electrons. The van der Waals surface area contributed by atoms with Crippen LogP contribution >= 0.6 is 24.0 Å². The molecule has 0 saturated carbocycles. The van der Waals surface area contributed by atoms with Crippen LogP contribution in [0.25, 0.3) is 0 Å². The zero-order valence-electron chi connectivity index (χ0n) is 15.2. The lowest BCUT2D eigenvalue weighted by Crippen LogP contribution is -2.41. The highest BCUT2D eigenvalue weighted by molar-refractivity contribution is 14.0. The van der Waals surface area contributed by atoms with Gasteiger partial charge in [-0.25, -0.2) is 9.98 Å². The molecule has 1 fully saturated rings. The van der Waals surface area contributed by atoms with E-state index in [2.05, 4.69) is 35.2 Å². The number of anilines is 1. The molecule has 2 heterocycles. The number of pyridine rings is 1. The van der Waals surface area contributed by atoms with Gasteiger partial charge in [0.05, 0.1) is 13.2 Å². The predicted octanol–water partition coefficient (Wildman–Crippen LogP) is 2.20. The fraction of sp³-hybridized carbons (Fsp3) is 0.647. The average Bonchev–Trinajstić information content (AvgIpc) is 3.04. The molecular weight excluding hydrogens is 417 g/mol. The molecule has 1 atom stereocenters. The van der Waals surface area contributed by atoms with Gasteiger partial charge in [-0.05, 0) is 31.0 Å². The van der Waals surface area contributed by atoms with Gasteiger partial charge < -0.3 is 19.9 Å². The molecule has 0 aromatic carbocycles. The van der Waals surface area contributed by atoms with Crippen molar-refractivity contribution in [1.29, 1.82) is 0 Å². The van der Waals surface area contributed by atoms with E-state index < -0.39 is 0 Å². The van der Waals surface area contributed by atoms with E-state index in [4.69, 9.17) is 9.73 Å². The lowest BCUT2D eigenvalue weighted by Gasteiger charge is -2.24. The molecule has 24 heavy (non-hydrogen) atoms. The van der Waals surface area contributed by atoms with Gasteiger partial charge >= 0.3 is 0 Å². The van der Waals surface area contributed by atoms with E-state index in [0.717, 1.165) is 50.1 Å². The van der Waals surface area contributed by atoms with Crippen LogP contribution < -0.4 is 10.2 Å². The molecule has 2 rings (SSSR count). The largest absolute Gasteiger partial charge is 0.381 e. The van der Waals surface area contributed by atoms with E-state index >= 15 is 0 Å². The smallest absolute Gasteiger partial charge is 0.193 e. The van der Waals surface area contributed by atoms with E-state index in [9.17, 15) is 0 Å². The van der Waals surface area contributed by atoms with E-state index in [-0.39, 0.29) is 24.0 Å². The summed E-state index contributed by atoms with van der Waals surface area (Å²) in [5, 5.41) is 3.37. The number of nitrogens with one attached hydrogen (secondary N) is 1. The maximum atomic E-state index is 5.46. The van der Waals surface area contributed by atoms with Crippen LogP contribution in [0.1, 0.15) is 18.9 Å². The molecule has 0 amide bonds. The number of nitrogens with zero attached hydrogens (tertiary/aromatic N) is 4. The standard InChI is InChI=1S/C17H29N5O.HI/c1-5-18-17(22(4)12-15-7-9-23-13-15)20-11-14-6-8-19-16(10-14)21(2)3;/h6,8,10,15H,5,7,9,11-13H2,1-4H3,(H,18,20);1H. The molecule has 1 aromatic rings. The molecule has 7 heteroatoms. The topological polar surface area (TPSA) is 53.0 Å². The summed E-state index contributed by atoms with van der Waals surface area (Å²) >= 11 is 0. The van der Waals surface area contributed by atoms with Crippen LogP contribution in [0, 0.1) is 5.92 Å². The Morgan fingerprint density at radius 2 is 2.21 bits per heavy atom. The van der Waals surface area contributed by atoms with Crippen molar-refractivity contribution in [3.8, 4) is 0 Å². The van der Waals surface area contributed by atoms with Gasteiger partial charge in [0, 0.05) is 53.0 Å². The number of hydrogen-bond donors (Lipinski definition) is 1. The van der Waals surface area contributed by atoms with Crippen LogP contribution in [0.5, 0.6) is 0 Å². The molecule has 1 N–H and O–H groups in total. The molecular formula is C17H30IN5O. The van der Waals surface area contributed by atoms with Crippen LogP contribution in [0.2, 0.25) is 0 Å². The molecule has 136 valence electrons. The molecule has 1 aliphatic rings. The monoisotopic (exact) mass is 447 g/mol. The first-order valence-corrected chi connectivity index (χ1v) is 8.29. The Kier molecular flexibility index (Phi) is 9.35. The summed E-state index contributed by atoms with van der Waals surface area (Å²) in [6.07, 6.45) is 2.98. The Bertz CT molecular complexity index is 517. The van der Waals surface area contributed by atoms with Crippen LogP contribution in [-0.2, 0) is 11.3 Å². The Hall–Kier alpha value is -1.09. The van der Waals surface area contributed by atoms with Crippen molar-refractivity contribution in [2.75, 3.05) is 52.3 Å². The summed E-state index contributed by atoms with van der Waals surface area (Å²) in [4.78, 5) is 13.3. The highest BCUT2D eigenvalue weighted by Gasteiger charge is 2.19. The Balaban J connectivity index is 0.00000288. The van der Waals surface area contributed by atoms with Gasteiger partial charge in [0.1, 0.15) is 5.82 Å². The highest BCUT2D eigenvalue weighted by Crippen LogP contribution is 2.14. The number of ether oxygens (including phenoxy) is 1. The molecule has 1 unspecified atom stereocenters. The minimum atomic E-state index is 0. The molecule has 0 aliphatic carbocycles. The molecule has 1 saturated heterocycles. The minimum Gasteiger partial charge on any atom is -0.381 e. The first-order chi connectivity index (χ1) is 11.1. The van der Waals surface area contributed by atoms with Crippen molar-refractivity contribution < 1.29 is 4.74 Å². The predicted molar refractivity (Wildman–Crippen MR) is 110 cm³/mol.